The van der Waals surface area contributed by atoms with E-state index in [1.807, 2.05) is 23.6 Å². The van der Waals surface area contributed by atoms with Crippen molar-refractivity contribution in [3.05, 3.63) is 35.3 Å². The highest BCUT2D eigenvalue weighted by molar-refractivity contribution is 8.01. The topological polar surface area (TPSA) is 80.3 Å². The fraction of sp³-hybridized carbons (Fsp3) is 0.389. The van der Waals surface area contributed by atoms with Crippen molar-refractivity contribution in [2.75, 3.05) is 24.7 Å². The Hall–Kier alpha value is -2.06. The zero-order valence-electron chi connectivity index (χ0n) is 15.1. The summed E-state index contributed by atoms with van der Waals surface area (Å²) in [7, 11) is 1.58. The second kappa shape index (κ2) is 10.2. The van der Waals surface area contributed by atoms with Crippen LogP contribution in [0.15, 0.2) is 34.0 Å². The number of thiazole rings is 1. The Morgan fingerprint density at radius 3 is 2.85 bits per heavy atom. The number of carbonyl (C=O) groups is 2. The molecule has 140 valence electrons. The summed E-state index contributed by atoms with van der Waals surface area (Å²) in [4.78, 5) is 28.3. The molecule has 2 amide bonds. The van der Waals surface area contributed by atoms with Crippen LogP contribution in [-0.2, 0) is 16.0 Å². The van der Waals surface area contributed by atoms with Crippen LogP contribution in [0.4, 0.5) is 5.69 Å². The smallest absolute Gasteiger partial charge is 0.234 e. The first kappa shape index (κ1) is 20.3. The van der Waals surface area contributed by atoms with E-state index in [4.69, 9.17) is 4.74 Å². The molecule has 0 fully saturated rings. The predicted molar refractivity (Wildman–Crippen MR) is 106 cm³/mol. The molecule has 1 aromatic carbocycles. The van der Waals surface area contributed by atoms with E-state index < -0.39 is 0 Å². The Labute approximate surface area is 161 Å². The molecule has 6 nitrogen and oxygen atoms in total. The summed E-state index contributed by atoms with van der Waals surface area (Å²) in [5, 5.41) is 7.56. The summed E-state index contributed by atoms with van der Waals surface area (Å²) >= 11 is 2.80. The van der Waals surface area contributed by atoms with Crippen LogP contribution in [0, 0.1) is 5.92 Å². The average Bonchev–Trinajstić information content (AvgIpc) is 3.05. The van der Waals surface area contributed by atoms with Crippen LogP contribution in [0.2, 0.25) is 0 Å². The van der Waals surface area contributed by atoms with Gasteiger partial charge in [-0.25, -0.2) is 4.98 Å². The van der Waals surface area contributed by atoms with Gasteiger partial charge in [0.1, 0.15) is 5.75 Å². The Morgan fingerprint density at radius 2 is 2.12 bits per heavy atom. The standard InChI is InChI=1S/C18H23N3O3S2/c1-12(2)9-19-16(22)8-14-10-25-18(21-14)26-11-17(23)20-13-5-4-6-15(7-13)24-3/h4-7,10,12H,8-9,11H2,1-3H3,(H,19,22)(H,20,23). The normalized spacial score (nSPS) is 10.6. The van der Waals surface area contributed by atoms with Crippen molar-refractivity contribution in [2.45, 2.75) is 24.6 Å². The van der Waals surface area contributed by atoms with E-state index in [1.165, 1.54) is 23.1 Å². The highest BCUT2D eigenvalue weighted by Crippen LogP contribution is 2.23. The van der Waals surface area contributed by atoms with Crippen molar-refractivity contribution in [1.29, 1.82) is 0 Å². The van der Waals surface area contributed by atoms with E-state index in [2.05, 4.69) is 29.5 Å². The van der Waals surface area contributed by atoms with Crippen molar-refractivity contribution in [3.63, 3.8) is 0 Å². The maximum Gasteiger partial charge on any atom is 0.234 e. The second-order valence-corrected chi connectivity index (χ2v) is 8.13. The first-order valence-corrected chi connectivity index (χ1v) is 10.1. The number of thioether (sulfide) groups is 1. The van der Waals surface area contributed by atoms with Gasteiger partial charge < -0.3 is 15.4 Å². The van der Waals surface area contributed by atoms with E-state index in [0.717, 1.165) is 10.0 Å². The molecule has 0 aliphatic carbocycles. The van der Waals surface area contributed by atoms with E-state index in [0.29, 0.717) is 23.9 Å². The zero-order chi connectivity index (χ0) is 18.9. The van der Waals surface area contributed by atoms with Crippen molar-refractivity contribution < 1.29 is 14.3 Å². The molecule has 0 bridgehead atoms. The van der Waals surface area contributed by atoms with E-state index in [9.17, 15) is 9.59 Å². The minimum Gasteiger partial charge on any atom is -0.497 e. The molecule has 1 heterocycles. The summed E-state index contributed by atoms with van der Waals surface area (Å²) in [6, 6.07) is 7.21. The number of amides is 2. The number of hydrogen-bond acceptors (Lipinski definition) is 6. The quantitative estimate of drug-likeness (QED) is 0.640. The van der Waals surface area contributed by atoms with Crippen molar-refractivity contribution in [2.24, 2.45) is 5.92 Å². The highest BCUT2D eigenvalue weighted by atomic mass is 32.2. The van der Waals surface area contributed by atoms with Crippen LogP contribution in [-0.4, -0.2) is 36.2 Å². The lowest BCUT2D eigenvalue weighted by molar-refractivity contribution is -0.120. The fourth-order valence-corrected chi connectivity index (χ4v) is 3.65. The lowest BCUT2D eigenvalue weighted by Crippen LogP contribution is -2.28. The monoisotopic (exact) mass is 393 g/mol. The molecule has 0 radical (unpaired) electrons. The van der Waals surface area contributed by atoms with Crippen LogP contribution in [0.1, 0.15) is 19.5 Å². The zero-order valence-corrected chi connectivity index (χ0v) is 16.7. The summed E-state index contributed by atoms with van der Waals surface area (Å²) in [5.74, 6) is 1.22. The van der Waals surface area contributed by atoms with Gasteiger partial charge in [0.25, 0.3) is 0 Å². The number of ether oxygens (including phenoxy) is 1. The minimum absolute atomic E-state index is 0.0312. The van der Waals surface area contributed by atoms with Crippen LogP contribution < -0.4 is 15.4 Å². The molecule has 0 saturated heterocycles. The van der Waals surface area contributed by atoms with Crippen molar-refractivity contribution in [1.82, 2.24) is 10.3 Å². The molecule has 0 spiro atoms. The van der Waals surface area contributed by atoms with E-state index in [1.54, 1.807) is 13.2 Å². The third-order valence-electron chi connectivity index (χ3n) is 3.26. The van der Waals surface area contributed by atoms with Gasteiger partial charge >= 0.3 is 0 Å². The number of methoxy groups -OCH3 is 1. The van der Waals surface area contributed by atoms with Gasteiger partial charge in [-0.05, 0) is 18.1 Å². The molecule has 8 heteroatoms. The number of anilines is 1. The van der Waals surface area contributed by atoms with Crippen LogP contribution >= 0.6 is 23.1 Å². The first-order chi connectivity index (χ1) is 12.5. The maximum atomic E-state index is 12.1. The fourth-order valence-electron chi connectivity index (χ4n) is 2.01. The van der Waals surface area contributed by atoms with Gasteiger partial charge in [0.2, 0.25) is 11.8 Å². The Morgan fingerprint density at radius 1 is 1.31 bits per heavy atom. The number of hydrogen-bond donors (Lipinski definition) is 2. The van der Waals surface area contributed by atoms with Gasteiger partial charge in [-0.15, -0.1) is 11.3 Å². The summed E-state index contributed by atoms with van der Waals surface area (Å²) in [6.07, 6.45) is 0.264. The molecule has 0 atom stereocenters. The van der Waals surface area contributed by atoms with Crippen LogP contribution in [0.5, 0.6) is 5.75 Å². The molecule has 1 aromatic heterocycles. The van der Waals surface area contributed by atoms with Gasteiger partial charge in [0.05, 0.1) is 25.0 Å². The number of benzene rings is 1. The summed E-state index contributed by atoms with van der Waals surface area (Å²) < 4.78 is 5.91. The molecular weight excluding hydrogens is 370 g/mol. The lowest BCUT2D eigenvalue weighted by Gasteiger charge is -2.06. The van der Waals surface area contributed by atoms with Gasteiger partial charge in [-0.3, -0.25) is 9.59 Å². The maximum absolute atomic E-state index is 12.1. The van der Waals surface area contributed by atoms with Gasteiger partial charge in [0.15, 0.2) is 4.34 Å². The molecule has 2 rings (SSSR count). The van der Waals surface area contributed by atoms with Gasteiger partial charge in [-0.1, -0.05) is 31.7 Å². The van der Waals surface area contributed by atoms with Gasteiger partial charge in [-0.2, -0.15) is 0 Å². The number of aromatic nitrogens is 1. The second-order valence-electron chi connectivity index (χ2n) is 6.05. The molecule has 0 aliphatic rings. The van der Waals surface area contributed by atoms with E-state index >= 15 is 0 Å². The lowest BCUT2D eigenvalue weighted by atomic mass is 10.2. The third kappa shape index (κ3) is 7.05. The van der Waals surface area contributed by atoms with E-state index in [-0.39, 0.29) is 24.0 Å². The largest absolute Gasteiger partial charge is 0.497 e. The first-order valence-electron chi connectivity index (χ1n) is 8.24. The predicted octanol–water partition coefficient (Wildman–Crippen LogP) is 3.20. The average molecular weight is 394 g/mol. The number of carbonyl (C=O) groups excluding carboxylic acids is 2. The van der Waals surface area contributed by atoms with Crippen molar-refractivity contribution >= 4 is 40.6 Å². The van der Waals surface area contributed by atoms with Crippen molar-refractivity contribution in [3.8, 4) is 5.75 Å². The molecule has 0 unspecified atom stereocenters. The summed E-state index contributed by atoms with van der Waals surface area (Å²) in [6.45, 7) is 4.76. The van der Waals surface area contributed by atoms with Crippen LogP contribution in [0.25, 0.3) is 0 Å². The Bertz CT molecular complexity index is 747. The SMILES string of the molecule is COc1cccc(NC(=O)CSc2nc(CC(=O)NCC(C)C)cs2)c1. The number of nitrogens with one attached hydrogen (secondary N) is 2. The Balaban J connectivity index is 1.78. The molecule has 26 heavy (non-hydrogen) atoms. The third-order valence-corrected chi connectivity index (χ3v) is 5.33. The summed E-state index contributed by atoms with van der Waals surface area (Å²) in [5.41, 5.74) is 1.42. The molecular formula is C18H23N3O3S2. The molecule has 0 saturated carbocycles. The molecule has 2 aromatic rings. The minimum atomic E-state index is -0.116. The molecule has 0 aliphatic heterocycles. The number of nitrogens with zero attached hydrogens (tertiary/aromatic N) is 1. The molecule has 2 N–H and O–H groups in total. The van der Waals surface area contributed by atoms with Crippen LogP contribution in [0.3, 0.4) is 0 Å². The highest BCUT2D eigenvalue weighted by Gasteiger charge is 2.10. The Kier molecular flexibility index (Phi) is 7.93. The number of rotatable bonds is 9. The van der Waals surface area contributed by atoms with Gasteiger partial charge in [0, 0.05) is 23.7 Å².